The summed E-state index contributed by atoms with van der Waals surface area (Å²) in [5.74, 6) is -0.417. The minimum atomic E-state index is -3.67. The molecule has 0 aliphatic carbocycles. The van der Waals surface area contributed by atoms with Crippen molar-refractivity contribution in [2.45, 2.75) is 11.8 Å². The fraction of sp³-hybridized carbons (Fsp3) is 0.133. The zero-order valence-corrected chi connectivity index (χ0v) is 12.4. The predicted molar refractivity (Wildman–Crippen MR) is 81.4 cm³/mol. The lowest BCUT2D eigenvalue weighted by atomic mass is 10.2. The molecular formula is C15H16N2O3S. The first-order valence-electron chi connectivity index (χ1n) is 6.38. The van der Waals surface area contributed by atoms with Crippen LogP contribution >= 0.6 is 0 Å². The van der Waals surface area contributed by atoms with E-state index in [0.717, 1.165) is 5.56 Å². The highest BCUT2D eigenvalue weighted by atomic mass is 32.2. The van der Waals surface area contributed by atoms with Gasteiger partial charge in [-0.2, -0.15) is 0 Å². The van der Waals surface area contributed by atoms with E-state index >= 15 is 0 Å². The van der Waals surface area contributed by atoms with Crippen molar-refractivity contribution < 1.29 is 13.2 Å². The van der Waals surface area contributed by atoms with Crippen LogP contribution in [-0.2, 0) is 14.8 Å². The average Bonchev–Trinajstić information content (AvgIpc) is 2.46. The molecule has 2 rings (SSSR count). The lowest BCUT2D eigenvalue weighted by Gasteiger charge is -2.08. The van der Waals surface area contributed by atoms with Gasteiger partial charge in [0.15, 0.2) is 0 Å². The van der Waals surface area contributed by atoms with Crippen LogP contribution in [0.1, 0.15) is 5.56 Å². The number of aryl methyl sites for hydroxylation is 1. The number of carbonyl (C=O) groups is 1. The van der Waals surface area contributed by atoms with Gasteiger partial charge >= 0.3 is 0 Å². The van der Waals surface area contributed by atoms with Crippen molar-refractivity contribution >= 4 is 21.6 Å². The molecule has 0 unspecified atom stereocenters. The van der Waals surface area contributed by atoms with Crippen LogP contribution in [0.4, 0.5) is 5.69 Å². The van der Waals surface area contributed by atoms with Crippen molar-refractivity contribution in [2.24, 2.45) is 0 Å². The molecule has 0 heterocycles. The monoisotopic (exact) mass is 304 g/mol. The Labute approximate surface area is 124 Å². The van der Waals surface area contributed by atoms with Crippen LogP contribution in [0.25, 0.3) is 0 Å². The normalized spacial score (nSPS) is 11.1. The number of benzene rings is 2. The lowest BCUT2D eigenvalue weighted by molar-refractivity contribution is -0.115. The van der Waals surface area contributed by atoms with Crippen molar-refractivity contribution in [3.8, 4) is 0 Å². The van der Waals surface area contributed by atoms with Gasteiger partial charge in [-0.25, -0.2) is 13.1 Å². The van der Waals surface area contributed by atoms with E-state index in [2.05, 4.69) is 10.0 Å². The highest BCUT2D eigenvalue weighted by Crippen LogP contribution is 2.09. The summed E-state index contributed by atoms with van der Waals surface area (Å²) in [7, 11) is -3.67. The van der Waals surface area contributed by atoms with Crippen LogP contribution in [0.5, 0.6) is 0 Å². The highest BCUT2D eigenvalue weighted by Gasteiger charge is 2.14. The third-order valence-electron chi connectivity index (χ3n) is 2.78. The summed E-state index contributed by atoms with van der Waals surface area (Å²) >= 11 is 0. The highest BCUT2D eigenvalue weighted by molar-refractivity contribution is 7.89. The summed E-state index contributed by atoms with van der Waals surface area (Å²) in [6, 6.07) is 15.2. The second kappa shape index (κ2) is 6.51. The molecule has 0 aliphatic rings. The van der Waals surface area contributed by atoms with Crippen molar-refractivity contribution in [3.05, 3.63) is 60.2 Å². The maximum absolute atomic E-state index is 12.0. The minimum Gasteiger partial charge on any atom is -0.325 e. The quantitative estimate of drug-likeness (QED) is 0.886. The van der Waals surface area contributed by atoms with E-state index in [1.807, 2.05) is 25.1 Å². The first kappa shape index (κ1) is 15.2. The Morgan fingerprint density at radius 3 is 2.43 bits per heavy atom. The molecule has 0 aliphatic heterocycles. The van der Waals surface area contributed by atoms with Crippen LogP contribution in [0.15, 0.2) is 59.5 Å². The van der Waals surface area contributed by atoms with Gasteiger partial charge in [-0.1, -0.05) is 30.3 Å². The van der Waals surface area contributed by atoms with Gasteiger partial charge in [0.05, 0.1) is 11.4 Å². The van der Waals surface area contributed by atoms with E-state index in [4.69, 9.17) is 0 Å². The van der Waals surface area contributed by atoms with Crippen LogP contribution in [0.3, 0.4) is 0 Å². The maximum atomic E-state index is 12.0. The van der Waals surface area contributed by atoms with Crippen molar-refractivity contribution in [1.82, 2.24) is 4.72 Å². The first-order valence-corrected chi connectivity index (χ1v) is 7.87. The number of amides is 1. The number of nitrogens with one attached hydrogen (secondary N) is 2. The van der Waals surface area contributed by atoms with Gasteiger partial charge < -0.3 is 5.32 Å². The molecule has 0 atom stereocenters. The van der Waals surface area contributed by atoms with E-state index in [9.17, 15) is 13.2 Å². The van der Waals surface area contributed by atoms with Gasteiger partial charge in [0.2, 0.25) is 15.9 Å². The Kier molecular flexibility index (Phi) is 4.72. The Morgan fingerprint density at radius 1 is 1.05 bits per heavy atom. The molecule has 0 radical (unpaired) electrons. The molecule has 110 valence electrons. The van der Waals surface area contributed by atoms with Crippen molar-refractivity contribution in [2.75, 3.05) is 11.9 Å². The second-order valence-electron chi connectivity index (χ2n) is 4.56. The number of hydrogen-bond donors (Lipinski definition) is 2. The summed E-state index contributed by atoms with van der Waals surface area (Å²) in [4.78, 5) is 11.9. The van der Waals surface area contributed by atoms with Crippen LogP contribution in [0.2, 0.25) is 0 Å². The first-order chi connectivity index (χ1) is 9.97. The molecule has 21 heavy (non-hydrogen) atoms. The summed E-state index contributed by atoms with van der Waals surface area (Å²) in [6.45, 7) is 1.60. The van der Waals surface area contributed by atoms with Crippen LogP contribution < -0.4 is 10.0 Å². The molecular weight excluding hydrogens is 288 g/mol. The molecule has 0 aromatic heterocycles. The molecule has 0 spiro atoms. The summed E-state index contributed by atoms with van der Waals surface area (Å²) in [5, 5.41) is 2.64. The maximum Gasteiger partial charge on any atom is 0.241 e. The molecule has 1 amide bonds. The van der Waals surface area contributed by atoms with E-state index in [0.29, 0.717) is 5.69 Å². The Bertz CT molecular complexity index is 728. The van der Waals surface area contributed by atoms with E-state index in [1.165, 1.54) is 12.1 Å². The zero-order chi connectivity index (χ0) is 15.3. The molecule has 5 nitrogen and oxygen atoms in total. The SMILES string of the molecule is Cc1cccc(NC(=O)CNS(=O)(=O)c2ccccc2)c1. The number of carbonyl (C=O) groups excluding carboxylic acids is 1. The van der Waals surface area contributed by atoms with Gasteiger partial charge in [0, 0.05) is 5.69 Å². The third kappa shape index (κ3) is 4.40. The molecule has 0 fully saturated rings. The molecule has 6 heteroatoms. The zero-order valence-electron chi connectivity index (χ0n) is 11.5. The molecule has 0 bridgehead atoms. The molecule has 2 aromatic rings. The second-order valence-corrected chi connectivity index (χ2v) is 6.32. The summed E-state index contributed by atoms with van der Waals surface area (Å²) in [6.07, 6.45) is 0. The fourth-order valence-electron chi connectivity index (χ4n) is 1.77. The lowest BCUT2D eigenvalue weighted by Crippen LogP contribution is -2.32. The van der Waals surface area contributed by atoms with E-state index in [1.54, 1.807) is 24.3 Å². The average molecular weight is 304 g/mol. The summed E-state index contributed by atoms with van der Waals surface area (Å²) in [5.41, 5.74) is 1.65. The number of hydrogen-bond acceptors (Lipinski definition) is 3. The fourth-order valence-corrected chi connectivity index (χ4v) is 2.77. The van der Waals surface area contributed by atoms with Crippen molar-refractivity contribution in [3.63, 3.8) is 0 Å². The largest absolute Gasteiger partial charge is 0.325 e. The summed E-state index contributed by atoms with van der Waals surface area (Å²) < 4.78 is 26.2. The molecule has 0 saturated heterocycles. The van der Waals surface area contributed by atoms with Gasteiger partial charge in [-0.05, 0) is 36.8 Å². The predicted octanol–water partition coefficient (Wildman–Crippen LogP) is 1.91. The van der Waals surface area contributed by atoms with Crippen molar-refractivity contribution in [1.29, 1.82) is 0 Å². The van der Waals surface area contributed by atoms with Crippen LogP contribution in [-0.4, -0.2) is 20.9 Å². The smallest absolute Gasteiger partial charge is 0.241 e. The van der Waals surface area contributed by atoms with Gasteiger partial charge in [0.25, 0.3) is 0 Å². The molecule has 0 saturated carbocycles. The molecule has 2 N–H and O–H groups in total. The molecule has 2 aromatic carbocycles. The van der Waals surface area contributed by atoms with Gasteiger partial charge in [0.1, 0.15) is 0 Å². The number of sulfonamides is 1. The van der Waals surface area contributed by atoms with E-state index in [-0.39, 0.29) is 11.4 Å². The van der Waals surface area contributed by atoms with Gasteiger partial charge in [-0.15, -0.1) is 0 Å². The Balaban J connectivity index is 1.95. The standard InChI is InChI=1S/C15H16N2O3S/c1-12-6-5-7-13(10-12)17-15(18)11-16-21(19,20)14-8-3-2-4-9-14/h2-10,16H,11H2,1H3,(H,17,18). The topological polar surface area (TPSA) is 75.3 Å². The van der Waals surface area contributed by atoms with Crippen LogP contribution in [0, 0.1) is 6.92 Å². The minimum absolute atomic E-state index is 0.133. The Morgan fingerprint density at radius 2 is 1.76 bits per heavy atom. The van der Waals surface area contributed by atoms with E-state index < -0.39 is 15.9 Å². The number of rotatable bonds is 5. The third-order valence-corrected chi connectivity index (χ3v) is 4.20. The Hall–Kier alpha value is -2.18. The van der Waals surface area contributed by atoms with Gasteiger partial charge in [-0.3, -0.25) is 4.79 Å². The number of anilines is 1.